The molecule has 1 fully saturated rings. The predicted octanol–water partition coefficient (Wildman–Crippen LogP) is 2.59. The van der Waals surface area contributed by atoms with Crippen LogP contribution in [-0.4, -0.2) is 34.5 Å². The van der Waals surface area contributed by atoms with Gasteiger partial charge in [0.15, 0.2) is 0 Å². The molecular formula is C13H21N5O2. The molecule has 1 heterocycles. The summed E-state index contributed by atoms with van der Waals surface area (Å²) in [5.74, 6) is 0.851. The first-order valence-corrected chi connectivity index (χ1v) is 7.11. The number of nitro groups is 1. The normalized spacial score (nSPS) is 15.9. The highest BCUT2D eigenvalue weighted by Crippen LogP contribution is 2.31. The molecule has 7 heteroatoms. The number of anilines is 2. The van der Waals surface area contributed by atoms with E-state index in [-0.39, 0.29) is 5.69 Å². The molecule has 20 heavy (non-hydrogen) atoms. The van der Waals surface area contributed by atoms with Gasteiger partial charge in [-0.3, -0.25) is 10.1 Å². The third-order valence-electron chi connectivity index (χ3n) is 3.74. The highest BCUT2D eigenvalue weighted by atomic mass is 16.6. The Bertz CT molecular complexity index is 474. The molecule has 7 nitrogen and oxygen atoms in total. The van der Waals surface area contributed by atoms with Crippen LogP contribution in [0.25, 0.3) is 0 Å². The molecule has 0 unspecified atom stereocenters. The molecule has 1 aromatic rings. The standard InChI is InChI=1S/C13H21N5O2/c1-3-14-13-15-9-11(18(19)20)12(16-13)17(2)10-7-5-4-6-8-10/h9-10H,3-8H2,1-2H3,(H,14,15,16). The molecule has 110 valence electrons. The van der Waals surface area contributed by atoms with Crippen LogP contribution in [0.2, 0.25) is 0 Å². The van der Waals surface area contributed by atoms with E-state index in [1.807, 2.05) is 18.9 Å². The second-order valence-corrected chi connectivity index (χ2v) is 5.09. The van der Waals surface area contributed by atoms with Crippen molar-refractivity contribution in [2.75, 3.05) is 23.8 Å². The largest absolute Gasteiger partial charge is 0.354 e. The van der Waals surface area contributed by atoms with Gasteiger partial charge in [0.1, 0.15) is 6.20 Å². The highest BCUT2D eigenvalue weighted by molar-refractivity contribution is 5.59. The average Bonchev–Trinajstić information content (AvgIpc) is 2.47. The molecule has 0 aliphatic heterocycles. The zero-order valence-electron chi connectivity index (χ0n) is 12.0. The van der Waals surface area contributed by atoms with E-state index in [4.69, 9.17) is 0 Å². The van der Waals surface area contributed by atoms with Gasteiger partial charge < -0.3 is 10.2 Å². The van der Waals surface area contributed by atoms with E-state index in [2.05, 4.69) is 15.3 Å². The molecule has 0 amide bonds. The quantitative estimate of drug-likeness (QED) is 0.658. The molecule has 0 spiro atoms. The smallest absolute Gasteiger partial charge is 0.329 e. The number of nitrogens with zero attached hydrogens (tertiary/aromatic N) is 4. The van der Waals surface area contributed by atoms with Crippen LogP contribution >= 0.6 is 0 Å². The van der Waals surface area contributed by atoms with Crippen molar-refractivity contribution in [3.8, 4) is 0 Å². The van der Waals surface area contributed by atoms with Crippen LogP contribution in [-0.2, 0) is 0 Å². The van der Waals surface area contributed by atoms with Crippen molar-refractivity contribution in [2.45, 2.75) is 45.1 Å². The molecule has 1 aromatic heterocycles. The summed E-state index contributed by atoms with van der Waals surface area (Å²) in [6.07, 6.45) is 7.02. The van der Waals surface area contributed by atoms with Gasteiger partial charge in [-0.15, -0.1) is 0 Å². The Kier molecular flexibility index (Phi) is 4.70. The van der Waals surface area contributed by atoms with Crippen molar-refractivity contribution in [3.63, 3.8) is 0 Å². The topological polar surface area (TPSA) is 84.2 Å². The van der Waals surface area contributed by atoms with Crippen molar-refractivity contribution in [3.05, 3.63) is 16.3 Å². The summed E-state index contributed by atoms with van der Waals surface area (Å²) in [7, 11) is 1.89. The zero-order valence-corrected chi connectivity index (χ0v) is 12.0. The van der Waals surface area contributed by atoms with Gasteiger partial charge in [-0.1, -0.05) is 19.3 Å². The van der Waals surface area contributed by atoms with E-state index < -0.39 is 4.92 Å². The molecule has 1 N–H and O–H groups in total. The molecule has 0 saturated heterocycles. The van der Waals surface area contributed by atoms with Gasteiger partial charge in [-0.2, -0.15) is 4.98 Å². The van der Waals surface area contributed by atoms with Crippen molar-refractivity contribution in [1.82, 2.24) is 9.97 Å². The van der Waals surface area contributed by atoms with E-state index in [1.54, 1.807) is 0 Å². The minimum absolute atomic E-state index is 0.0280. The van der Waals surface area contributed by atoms with E-state index in [1.165, 1.54) is 25.5 Å². The van der Waals surface area contributed by atoms with E-state index in [9.17, 15) is 10.1 Å². The van der Waals surface area contributed by atoms with Gasteiger partial charge >= 0.3 is 5.69 Å². The lowest BCUT2D eigenvalue weighted by molar-refractivity contribution is -0.384. The van der Waals surface area contributed by atoms with Crippen LogP contribution in [0.4, 0.5) is 17.5 Å². The van der Waals surface area contributed by atoms with Gasteiger partial charge in [0.2, 0.25) is 11.8 Å². The fourth-order valence-corrected chi connectivity index (χ4v) is 2.64. The second-order valence-electron chi connectivity index (χ2n) is 5.09. The van der Waals surface area contributed by atoms with Crippen LogP contribution < -0.4 is 10.2 Å². The van der Waals surface area contributed by atoms with E-state index in [0.717, 1.165) is 12.8 Å². The maximum atomic E-state index is 11.2. The first-order valence-electron chi connectivity index (χ1n) is 7.11. The molecule has 0 radical (unpaired) electrons. The van der Waals surface area contributed by atoms with Crippen LogP contribution in [0.15, 0.2) is 6.20 Å². The average molecular weight is 279 g/mol. The van der Waals surface area contributed by atoms with Crippen molar-refractivity contribution < 1.29 is 4.92 Å². The summed E-state index contributed by atoms with van der Waals surface area (Å²) in [4.78, 5) is 21.0. The SMILES string of the molecule is CCNc1ncc([N+](=O)[O-])c(N(C)C2CCCCC2)n1. The minimum Gasteiger partial charge on any atom is -0.354 e. The summed E-state index contributed by atoms with van der Waals surface area (Å²) in [5.41, 5.74) is -0.0280. The van der Waals surface area contributed by atoms with Crippen LogP contribution in [0.1, 0.15) is 39.0 Å². The second kappa shape index (κ2) is 6.49. The van der Waals surface area contributed by atoms with Gasteiger partial charge in [0.05, 0.1) is 4.92 Å². The number of aromatic nitrogens is 2. The van der Waals surface area contributed by atoms with Crippen molar-refractivity contribution in [2.24, 2.45) is 0 Å². The number of rotatable bonds is 5. The number of nitrogens with one attached hydrogen (secondary N) is 1. The molecule has 0 atom stereocenters. The Morgan fingerprint density at radius 1 is 1.45 bits per heavy atom. The Morgan fingerprint density at radius 3 is 2.75 bits per heavy atom. The Balaban J connectivity index is 2.30. The summed E-state index contributed by atoms with van der Waals surface area (Å²) in [6.45, 7) is 2.62. The lowest BCUT2D eigenvalue weighted by Gasteiger charge is -2.31. The van der Waals surface area contributed by atoms with Crippen LogP contribution in [0.3, 0.4) is 0 Å². The Labute approximate surface area is 118 Å². The molecule has 0 aromatic carbocycles. The van der Waals surface area contributed by atoms with E-state index >= 15 is 0 Å². The predicted molar refractivity (Wildman–Crippen MR) is 78.1 cm³/mol. The van der Waals surface area contributed by atoms with Gasteiger partial charge in [0, 0.05) is 19.6 Å². The lowest BCUT2D eigenvalue weighted by atomic mass is 9.94. The highest BCUT2D eigenvalue weighted by Gasteiger charge is 2.26. The third-order valence-corrected chi connectivity index (χ3v) is 3.74. The molecule has 0 bridgehead atoms. The summed E-state index contributed by atoms with van der Waals surface area (Å²) >= 11 is 0. The van der Waals surface area contributed by atoms with Crippen LogP contribution in [0, 0.1) is 10.1 Å². The monoisotopic (exact) mass is 279 g/mol. The molecular weight excluding hydrogens is 258 g/mol. The Hall–Kier alpha value is -1.92. The first-order chi connectivity index (χ1) is 9.63. The van der Waals surface area contributed by atoms with Crippen molar-refractivity contribution in [1.29, 1.82) is 0 Å². The van der Waals surface area contributed by atoms with E-state index in [0.29, 0.717) is 24.4 Å². The fraction of sp³-hybridized carbons (Fsp3) is 0.692. The van der Waals surface area contributed by atoms with Crippen LogP contribution in [0.5, 0.6) is 0 Å². The van der Waals surface area contributed by atoms with Crippen molar-refractivity contribution >= 4 is 17.5 Å². The number of hydrogen-bond donors (Lipinski definition) is 1. The first kappa shape index (κ1) is 14.5. The lowest BCUT2D eigenvalue weighted by Crippen LogP contribution is -2.34. The fourth-order valence-electron chi connectivity index (χ4n) is 2.64. The maximum absolute atomic E-state index is 11.2. The maximum Gasteiger partial charge on any atom is 0.329 e. The molecule has 1 aliphatic rings. The Morgan fingerprint density at radius 2 is 2.15 bits per heavy atom. The van der Waals surface area contributed by atoms with Gasteiger partial charge in [0.25, 0.3) is 0 Å². The van der Waals surface area contributed by atoms with Gasteiger partial charge in [-0.25, -0.2) is 4.98 Å². The summed E-state index contributed by atoms with van der Waals surface area (Å²) < 4.78 is 0. The zero-order chi connectivity index (χ0) is 14.5. The third kappa shape index (κ3) is 3.15. The number of hydrogen-bond acceptors (Lipinski definition) is 6. The molecule has 1 saturated carbocycles. The molecule has 2 rings (SSSR count). The van der Waals surface area contributed by atoms with Gasteiger partial charge in [-0.05, 0) is 19.8 Å². The summed E-state index contributed by atoms with van der Waals surface area (Å²) in [6, 6.07) is 0.326. The molecule has 1 aliphatic carbocycles. The minimum atomic E-state index is -0.412. The summed E-state index contributed by atoms with van der Waals surface area (Å²) in [5, 5.41) is 14.2.